The first-order valence-electron chi connectivity index (χ1n) is 7.83. The summed E-state index contributed by atoms with van der Waals surface area (Å²) in [5, 5.41) is 5.09. The number of pyridine rings is 1. The van der Waals surface area contributed by atoms with Gasteiger partial charge in [-0.1, -0.05) is 23.7 Å². The topological polar surface area (TPSA) is 57.0 Å². The van der Waals surface area contributed by atoms with Crippen LogP contribution in [0.4, 0.5) is 4.79 Å². The molecule has 25 heavy (non-hydrogen) atoms. The molecule has 0 saturated carbocycles. The third-order valence-corrected chi connectivity index (χ3v) is 3.66. The van der Waals surface area contributed by atoms with Crippen molar-refractivity contribution in [3.63, 3.8) is 0 Å². The van der Waals surface area contributed by atoms with Gasteiger partial charge < -0.3 is 4.74 Å². The Bertz CT molecular complexity index is 881. The van der Waals surface area contributed by atoms with Crippen LogP contribution in [0.25, 0.3) is 22.4 Å². The molecular weight excluding hydrogens is 338 g/mol. The van der Waals surface area contributed by atoms with Gasteiger partial charge in [-0.05, 0) is 50.6 Å². The van der Waals surface area contributed by atoms with Crippen LogP contribution in [0.15, 0.2) is 55.0 Å². The molecule has 3 rings (SSSR count). The number of carbonyl (C=O) groups excluding carboxylic acids is 1. The predicted molar refractivity (Wildman–Crippen MR) is 97.5 cm³/mol. The number of nitrogens with zero attached hydrogens (tertiary/aromatic N) is 3. The van der Waals surface area contributed by atoms with Crippen molar-refractivity contribution in [1.82, 2.24) is 14.8 Å². The van der Waals surface area contributed by atoms with Crippen LogP contribution in [0.2, 0.25) is 5.02 Å². The number of ether oxygens (including phenoxy) is 1. The van der Waals surface area contributed by atoms with E-state index in [9.17, 15) is 4.79 Å². The van der Waals surface area contributed by atoms with Crippen molar-refractivity contribution in [1.29, 1.82) is 0 Å². The quantitative estimate of drug-likeness (QED) is 0.645. The van der Waals surface area contributed by atoms with Gasteiger partial charge in [0.15, 0.2) is 0 Å². The molecule has 0 saturated heterocycles. The van der Waals surface area contributed by atoms with Crippen LogP contribution in [0.5, 0.6) is 0 Å². The fourth-order valence-electron chi connectivity index (χ4n) is 2.34. The highest BCUT2D eigenvalue weighted by atomic mass is 35.5. The molecular formula is C19H18ClN3O2. The Morgan fingerprint density at radius 1 is 1.04 bits per heavy atom. The SMILES string of the molecule is CC(C)(C)OC(=O)n1cc(-c2ccc(Cl)cc2)c(-c2ccncc2)n1. The molecule has 0 spiro atoms. The number of halogens is 1. The second-order valence-corrected chi connectivity index (χ2v) is 7.00. The summed E-state index contributed by atoms with van der Waals surface area (Å²) >= 11 is 5.98. The molecule has 0 radical (unpaired) electrons. The van der Waals surface area contributed by atoms with Crippen LogP contribution < -0.4 is 0 Å². The lowest BCUT2D eigenvalue weighted by Gasteiger charge is -2.18. The van der Waals surface area contributed by atoms with Crippen molar-refractivity contribution in [2.24, 2.45) is 0 Å². The zero-order chi connectivity index (χ0) is 18.0. The summed E-state index contributed by atoms with van der Waals surface area (Å²) in [5.74, 6) is 0. The molecule has 0 bridgehead atoms. The van der Waals surface area contributed by atoms with E-state index in [1.165, 1.54) is 4.68 Å². The summed E-state index contributed by atoms with van der Waals surface area (Å²) in [6.45, 7) is 5.45. The fourth-order valence-corrected chi connectivity index (χ4v) is 2.47. The van der Waals surface area contributed by atoms with Gasteiger partial charge in [0.2, 0.25) is 0 Å². The van der Waals surface area contributed by atoms with Crippen molar-refractivity contribution in [3.05, 3.63) is 60.0 Å². The molecule has 2 aromatic heterocycles. The van der Waals surface area contributed by atoms with E-state index in [4.69, 9.17) is 16.3 Å². The summed E-state index contributed by atoms with van der Waals surface area (Å²) < 4.78 is 6.64. The molecule has 0 amide bonds. The zero-order valence-corrected chi connectivity index (χ0v) is 15.0. The van der Waals surface area contributed by atoms with Crippen molar-refractivity contribution < 1.29 is 9.53 Å². The van der Waals surface area contributed by atoms with Crippen LogP contribution in [0.1, 0.15) is 20.8 Å². The fraction of sp³-hybridized carbons (Fsp3) is 0.211. The lowest BCUT2D eigenvalue weighted by Crippen LogP contribution is -2.27. The first-order valence-corrected chi connectivity index (χ1v) is 8.21. The molecule has 0 N–H and O–H groups in total. The molecule has 0 atom stereocenters. The van der Waals surface area contributed by atoms with E-state index in [1.807, 2.05) is 45.0 Å². The summed E-state index contributed by atoms with van der Waals surface area (Å²) in [6.07, 6.45) is 4.52. The normalized spacial score (nSPS) is 11.4. The minimum absolute atomic E-state index is 0.525. The van der Waals surface area contributed by atoms with Crippen molar-refractivity contribution >= 4 is 17.7 Å². The molecule has 0 fully saturated rings. The highest BCUT2D eigenvalue weighted by molar-refractivity contribution is 6.30. The van der Waals surface area contributed by atoms with Gasteiger partial charge in [-0.25, -0.2) is 4.79 Å². The maximum atomic E-state index is 12.4. The number of carbonyl (C=O) groups is 1. The van der Waals surface area contributed by atoms with Gasteiger partial charge in [-0.2, -0.15) is 9.78 Å². The number of aromatic nitrogens is 3. The van der Waals surface area contributed by atoms with Gasteiger partial charge in [0.1, 0.15) is 11.3 Å². The monoisotopic (exact) mass is 355 g/mol. The number of hydrogen-bond donors (Lipinski definition) is 0. The second-order valence-electron chi connectivity index (χ2n) is 6.56. The Kier molecular flexibility index (Phi) is 4.59. The molecule has 0 aliphatic carbocycles. The highest BCUT2D eigenvalue weighted by Crippen LogP contribution is 2.31. The smallest absolute Gasteiger partial charge is 0.435 e. The van der Waals surface area contributed by atoms with Gasteiger partial charge >= 0.3 is 6.09 Å². The Hall–Kier alpha value is -2.66. The van der Waals surface area contributed by atoms with Crippen LogP contribution in [-0.4, -0.2) is 26.5 Å². The summed E-state index contributed by atoms with van der Waals surface area (Å²) in [4.78, 5) is 16.4. The molecule has 2 heterocycles. The third-order valence-electron chi connectivity index (χ3n) is 3.40. The predicted octanol–water partition coefficient (Wildman–Crippen LogP) is 5.05. The summed E-state index contributed by atoms with van der Waals surface area (Å²) in [7, 11) is 0. The average Bonchev–Trinajstić information content (AvgIpc) is 3.00. The van der Waals surface area contributed by atoms with Crippen LogP contribution in [0, 0.1) is 0 Å². The van der Waals surface area contributed by atoms with E-state index >= 15 is 0 Å². The molecule has 128 valence electrons. The lowest BCUT2D eigenvalue weighted by molar-refractivity contribution is 0.0515. The first-order chi connectivity index (χ1) is 11.8. The summed E-state index contributed by atoms with van der Waals surface area (Å²) in [6, 6.07) is 11.1. The van der Waals surface area contributed by atoms with E-state index in [1.54, 1.807) is 30.7 Å². The van der Waals surface area contributed by atoms with E-state index in [0.29, 0.717) is 10.7 Å². The Balaban J connectivity index is 2.09. The largest absolute Gasteiger partial charge is 0.442 e. The third kappa shape index (κ3) is 4.06. The lowest BCUT2D eigenvalue weighted by atomic mass is 10.0. The Morgan fingerprint density at radius 2 is 1.68 bits per heavy atom. The number of rotatable bonds is 2. The molecule has 6 heteroatoms. The number of hydrogen-bond acceptors (Lipinski definition) is 4. The molecule has 5 nitrogen and oxygen atoms in total. The van der Waals surface area contributed by atoms with E-state index < -0.39 is 11.7 Å². The van der Waals surface area contributed by atoms with Gasteiger partial charge in [0.05, 0.1) is 0 Å². The highest BCUT2D eigenvalue weighted by Gasteiger charge is 2.21. The van der Waals surface area contributed by atoms with Crippen LogP contribution in [-0.2, 0) is 4.74 Å². The van der Waals surface area contributed by atoms with E-state index in [0.717, 1.165) is 16.7 Å². The van der Waals surface area contributed by atoms with E-state index in [2.05, 4.69) is 10.1 Å². The minimum atomic E-state index is -0.597. The Labute approximate surface area is 151 Å². The maximum Gasteiger partial charge on any atom is 0.435 e. The molecule has 0 aliphatic heterocycles. The molecule has 3 aromatic rings. The average molecular weight is 356 g/mol. The van der Waals surface area contributed by atoms with Crippen molar-refractivity contribution in [2.75, 3.05) is 0 Å². The van der Waals surface area contributed by atoms with Crippen LogP contribution >= 0.6 is 11.6 Å². The molecule has 1 aromatic carbocycles. The molecule has 0 aliphatic rings. The van der Waals surface area contributed by atoms with Crippen molar-refractivity contribution in [3.8, 4) is 22.4 Å². The van der Waals surface area contributed by atoms with E-state index in [-0.39, 0.29) is 0 Å². The second kappa shape index (κ2) is 6.69. The zero-order valence-electron chi connectivity index (χ0n) is 14.2. The summed E-state index contributed by atoms with van der Waals surface area (Å²) in [5.41, 5.74) is 2.66. The minimum Gasteiger partial charge on any atom is -0.442 e. The van der Waals surface area contributed by atoms with Crippen molar-refractivity contribution in [2.45, 2.75) is 26.4 Å². The van der Waals surface area contributed by atoms with Gasteiger partial charge in [-0.15, -0.1) is 0 Å². The molecule has 0 unspecified atom stereocenters. The van der Waals surface area contributed by atoms with Gasteiger partial charge in [0.25, 0.3) is 0 Å². The Morgan fingerprint density at radius 3 is 2.28 bits per heavy atom. The maximum absolute atomic E-state index is 12.4. The number of benzene rings is 1. The van der Waals surface area contributed by atoms with Gasteiger partial charge in [-0.3, -0.25) is 4.98 Å². The van der Waals surface area contributed by atoms with Gasteiger partial charge in [0, 0.05) is 34.7 Å². The first kappa shape index (κ1) is 17.2. The standard InChI is InChI=1S/C19H18ClN3O2/c1-19(2,3)25-18(24)23-12-16(13-4-6-15(20)7-5-13)17(22-23)14-8-10-21-11-9-14/h4-12H,1-3H3. The van der Waals surface area contributed by atoms with Crippen LogP contribution in [0.3, 0.4) is 0 Å².